The molecule has 3 unspecified atom stereocenters. The first-order valence-electron chi connectivity index (χ1n) is 6.87. The van der Waals surface area contributed by atoms with Crippen molar-refractivity contribution in [1.82, 2.24) is 5.32 Å². The second-order valence-corrected chi connectivity index (χ2v) is 5.42. The van der Waals surface area contributed by atoms with Crippen LogP contribution in [0.2, 0.25) is 0 Å². The van der Waals surface area contributed by atoms with Crippen LogP contribution in [0.5, 0.6) is 0 Å². The minimum atomic E-state index is 0.739. The summed E-state index contributed by atoms with van der Waals surface area (Å²) in [5, 5.41) is 3.74. The standard InChI is InChI=1S/C16H21N/c1-3-7-13(8-4-1)12-17-16-11-15(16)14-9-5-2-6-10-14/h1-3,5-6,9-10,13,15-17H,4,7-8,11-12H2. The molecule has 1 heteroatoms. The van der Waals surface area contributed by atoms with Crippen LogP contribution in [0.15, 0.2) is 42.5 Å². The Hall–Kier alpha value is -1.08. The van der Waals surface area contributed by atoms with E-state index in [4.69, 9.17) is 0 Å². The van der Waals surface area contributed by atoms with Crippen molar-refractivity contribution in [2.75, 3.05) is 6.54 Å². The van der Waals surface area contributed by atoms with Gasteiger partial charge in [0.1, 0.15) is 0 Å². The van der Waals surface area contributed by atoms with E-state index < -0.39 is 0 Å². The first-order valence-corrected chi connectivity index (χ1v) is 6.87. The maximum absolute atomic E-state index is 3.74. The Morgan fingerprint density at radius 3 is 2.76 bits per heavy atom. The van der Waals surface area contributed by atoms with Crippen LogP contribution in [-0.2, 0) is 0 Å². The minimum absolute atomic E-state index is 0.739. The number of benzene rings is 1. The topological polar surface area (TPSA) is 12.0 Å². The van der Waals surface area contributed by atoms with E-state index in [0.717, 1.165) is 17.9 Å². The zero-order valence-corrected chi connectivity index (χ0v) is 10.3. The lowest BCUT2D eigenvalue weighted by atomic mass is 9.94. The minimum Gasteiger partial charge on any atom is -0.313 e. The molecular weight excluding hydrogens is 206 g/mol. The molecule has 0 aliphatic heterocycles. The van der Waals surface area contributed by atoms with Crippen LogP contribution in [0, 0.1) is 5.92 Å². The van der Waals surface area contributed by atoms with Gasteiger partial charge in [-0.2, -0.15) is 0 Å². The molecule has 1 saturated carbocycles. The molecule has 0 radical (unpaired) electrons. The highest BCUT2D eigenvalue weighted by Crippen LogP contribution is 2.40. The normalized spacial score (nSPS) is 31.4. The van der Waals surface area contributed by atoms with Gasteiger partial charge in [0, 0.05) is 12.0 Å². The molecule has 1 aromatic carbocycles. The fourth-order valence-electron chi connectivity index (χ4n) is 2.85. The van der Waals surface area contributed by atoms with Crippen molar-refractivity contribution < 1.29 is 0 Å². The number of hydrogen-bond acceptors (Lipinski definition) is 1. The number of nitrogens with one attached hydrogen (secondary N) is 1. The van der Waals surface area contributed by atoms with Gasteiger partial charge in [-0.3, -0.25) is 0 Å². The number of allylic oxidation sites excluding steroid dienone is 2. The number of rotatable bonds is 4. The number of hydrogen-bond donors (Lipinski definition) is 1. The van der Waals surface area contributed by atoms with Gasteiger partial charge < -0.3 is 5.32 Å². The molecule has 2 aliphatic carbocycles. The Labute approximate surface area is 104 Å². The van der Waals surface area contributed by atoms with E-state index >= 15 is 0 Å². The summed E-state index contributed by atoms with van der Waals surface area (Å²) in [6.07, 6.45) is 9.91. The molecule has 3 rings (SSSR count). The van der Waals surface area contributed by atoms with Crippen LogP contribution in [0.4, 0.5) is 0 Å². The molecule has 1 N–H and O–H groups in total. The van der Waals surface area contributed by atoms with Crippen molar-refractivity contribution in [3.05, 3.63) is 48.0 Å². The summed E-state index contributed by atoms with van der Waals surface area (Å²) in [4.78, 5) is 0. The molecule has 90 valence electrons. The van der Waals surface area contributed by atoms with Gasteiger partial charge in [0.15, 0.2) is 0 Å². The SMILES string of the molecule is C1=CCC(CNC2CC2c2ccccc2)CC1. The van der Waals surface area contributed by atoms with Gasteiger partial charge in [-0.1, -0.05) is 42.5 Å². The zero-order chi connectivity index (χ0) is 11.5. The van der Waals surface area contributed by atoms with Crippen molar-refractivity contribution >= 4 is 0 Å². The molecule has 1 nitrogen and oxygen atoms in total. The molecule has 0 aromatic heterocycles. The van der Waals surface area contributed by atoms with Gasteiger partial charge in [-0.15, -0.1) is 0 Å². The summed E-state index contributed by atoms with van der Waals surface area (Å²) in [5.41, 5.74) is 1.51. The highest BCUT2D eigenvalue weighted by atomic mass is 15.0. The van der Waals surface area contributed by atoms with E-state index in [1.165, 1.54) is 37.8 Å². The fraction of sp³-hybridized carbons (Fsp3) is 0.500. The van der Waals surface area contributed by atoms with E-state index in [1.807, 2.05) is 0 Å². The zero-order valence-electron chi connectivity index (χ0n) is 10.3. The third kappa shape index (κ3) is 2.78. The molecule has 1 fully saturated rings. The average Bonchev–Trinajstić information content (AvgIpc) is 3.18. The summed E-state index contributed by atoms with van der Waals surface area (Å²) in [7, 11) is 0. The van der Waals surface area contributed by atoms with E-state index in [-0.39, 0.29) is 0 Å². The fourth-order valence-corrected chi connectivity index (χ4v) is 2.85. The second kappa shape index (κ2) is 5.05. The van der Waals surface area contributed by atoms with Crippen LogP contribution in [0.25, 0.3) is 0 Å². The lowest BCUT2D eigenvalue weighted by Crippen LogP contribution is -2.26. The van der Waals surface area contributed by atoms with Gasteiger partial charge in [-0.25, -0.2) is 0 Å². The molecule has 0 spiro atoms. The van der Waals surface area contributed by atoms with Crippen molar-refractivity contribution in [1.29, 1.82) is 0 Å². The van der Waals surface area contributed by atoms with E-state index in [2.05, 4.69) is 47.8 Å². The molecule has 17 heavy (non-hydrogen) atoms. The highest BCUT2D eigenvalue weighted by molar-refractivity contribution is 5.27. The molecule has 0 saturated heterocycles. The Balaban J connectivity index is 1.45. The van der Waals surface area contributed by atoms with Gasteiger partial charge in [0.05, 0.1) is 0 Å². The maximum Gasteiger partial charge on any atom is 0.0143 e. The van der Waals surface area contributed by atoms with Crippen molar-refractivity contribution in [3.8, 4) is 0 Å². The molecule has 0 amide bonds. The molecule has 0 heterocycles. The van der Waals surface area contributed by atoms with Gasteiger partial charge >= 0.3 is 0 Å². The Morgan fingerprint density at radius 2 is 2.00 bits per heavy atom. The smallest absolute Gasteiger partial charge is 0.0143 e. The third-order valence-electron chi connectivity index (χ3n) is 4.06. The quantitative estimate of drug-likeness (QED) is 0.776. The monoisotopic (exact) mass is 227 g/mol. The lowest BCUT2D eigenvalue weighted by Gasteiger charge is -2.18. The maximum atomic E-state index is 3.74. The van der Waals surface area contributed by atoms with Gasteiger partial charge in [0.2, 0.25) is 0 Å². The van der Waals surface area contributed by atoms with Crippen LogP contribution in [-0.4, -0.2) is 12.6 Å². The molecule has 1 aromatic rings. The van der Waals surface area contributed by atoms with Crippen LogP contribution in [0.3, 0.4) is 0 Å². The third-order valence-corrected chi connectivity index (χ3v) is 4.06. The summed E-state index contributed by atoms with van der Waals surface area (Å²) in [6, 6.07) is 11.7. The van der Waals surface area contributed by atoms with Gasteiger partial charge in [0.25, 0.3) is 0 Å². The van der Waals surface area contributed by atoms with E-state index in [0.29, 0.717) is 0 Å². The van der Waals surface area contributed by atoms with Gasteiger partial charge in [-0.05, 0) is 43.7 Å². The summed E-state index contributed by atoms with van der Waals surface area (Å²) >= 11 is 0. The largest absolute Gasteiger partial charge is 0.313 e. The Morgan fingerprint density at radius 1 is 1.12 bits per heavy atom. The first kappa shape index (κ1) is 11.0. The summed E-state index contributed by atoms with van der Waals surface area (Å²) in [6.45, 7) is 1.21. The predicted octanol–water partition coefficient (Wildman–Crippen LogP) is 3.49. The van der Waals surface area contributed by atoms with Crippen LogP contribution >= 0.6 is 0 Å². The summed E-state index contributed by atoms with van der Waals surface area (Å²) in [5.74, 6) is 1.65. The lowest BCUT2D eigenvalue weighted by molar-refractivity contribution is 0.437. The molecule has 0 bridgehead atoms. The van der Waals surface area contributed by atoms with E-state index in [1.54, 1.807) is 0 Å². The van der Waals surface area contributed by atoms with E-state index in [9.17, 15) is 0 Å². The second-order valence-electron chi connectivity index (χ2n) is 5.42. The first-order chi connectivity index (χ1) is 8.43. The highest BCUT2D eigenvalue weighted by Gasteiger charge is 2.37. The van der Waals surface area contributed by atoms with Crippen molar-refractivity contribution in [2.24, 2.45) is 5.92 Å². The molecular formula is C16H21N. The predicted molar refractivity (Wildman–Crippen MR) is 72.1 cm³/mol. The van der Waals surface area contributed by atoms with Crippen LogP contribution < -0.4 is 5.32 Å². The average molecular weight is 227 g/mol. The van der Waals surface area contributed by atoms with Crippen molar-refractivity contribution in [3.63, 3.8) is 0 Å². The molecule has 2 aliphatic rings. The summed E-state index contributed by atoms with van der Waals surface area (Å²) < 4.78 is 0. The Kier molecular flexibility index (Phi) is 3.28. The van der Waals surface area contributed by atoms with Crippen LogP contribution in [0.1, 0.15) is 37.2 Å². The molecule has 3 atom stereocenters. The Bertz CT molecular complexity index is 382. The van der Waals surface area contributed by atoms with Crippen molar-refractivity contribution in [2.45, 2.75) is 37.6 Å².